The first-order valence-electron chi connectivity index (χ1n) is 4.47. The molecule has 0 atom stereocenters. The van der Waals surface area contributed by atoms with E-state index >= 15 is 0 Å². The van der Waals surface area contributed by atoms with E-state index < -0.39 is 15.7 Å². The van der Waals surface area contributed by atoms with Gasteiger partial charge < -0.3 is 5.73 Å². The molecule has 4 nitrogen and oxygen atoms in total. The summed E-state index contributed by atoms with van der Waals surface area (Å²) in [7, 11) is -3.23. The molecule has 1 rings (SSSR count). The minimum absolute atomic E-state index is 0.0386. The molecule has 0 aliphatic heterocycles. The first-order valence-corrected chi connectivity index (χ1v) is 6.36. The zero-order valence-corrected chi connectivity index (χ0v) is 9.54. The predicted molar refractivity (Wildman–Crippen MR) is 60.2 cm³/mol. The summed E-state index contributed by atoms with van der Waals surface area (Å²) < 4.78 is 22.5. The molecule has 84 valence electrons. The smallest absolute Gasteiger partial charge is 0.229 e. The van der Waals surface area contributed by atoms with E-state index in [4.69, 9.17) is 5.73 Å². The summed E-state index contributed by atoms with van der Waals surface area (Å²) in [6.07, 6.45) is 1.09. The number of sulfone groups is 1. The Morgan fingerprint density at radius 1 is 1.44 bits per heavy atom. The van der Waals surface area contributed by atoms with E-state index in [0.717, 1.165) is 6.26 Å². The van der Waals surface area contributed by atoms with E-state index in [2.05, 4.69) is 11.8 Å². The lowest BCUT2D eigenvalue weighted by Crippen LogP contribution is -2.08. The van der Waals surface area contributed by atoms with Gasteiger partial charge in [-0.1, -0.05) is 17.9 Å². The van der Waals surface area contributed by atoms with Crippen LogP contribution in [-0.2, 0) is 14.6 Å². The van der Waals surface area contributed by atoms with Crippen LogP contribution < -0.4 is 5.73 Å². The number of amides is 1. The topological polar surface area (TPSA) is 77.2 Å². The Kier molecular flexibility index (Phi) is 3.69. The summed E-state index contributed by atoms with van der Waals surface area (Å²) in [5.41, 5.74) is 5.46. The molecule has 1 aromatic carbocycles. The van der Waals surface area contributed by atoms with Crippen molar-refractivity contribution >= 4 is 15.7 Å². The van der Waals surface area contributed by atoms with Crippen molar-refractivity contribution in [2.24, 2.45) is 5.73 Å². The minimum Gasteiger partial charge on any atom is -0.369 e. The average Bonchev–Trinajstić information content (AvgIpc) is 2.16. The number of benzene rings is 1. The number of hydrogen-bond acceptors (Lipinski definition) is 3. The molecule has 0 spiro atoms. The molecule has 0 aliphatic carbocycles. The van der Waals surface area contributed by atoms with E-state index in [-0.39, 0.29) is 11.3 Å². The molecule has 0 unspecified atom stereocenters. The van der Waals surface area contributed by atoms with Crippen molar-refractivity contribution in [1.29, 1.82) is 0 Å². The van der Waals surface area contributed by atoms with Crippen LogP contribution in [0.4, 0.5) is 0 Å². The van der Waals surface area contributed by atoms with E-state index in [1.807, 2.05) is 0 Å². The highest BCUT2D eigenvalue weighted by Crippen LogP contribution is 2.10. The normalized spacial score (nSPS) is 10.3. The number of primary amides is 1. The van der Waals surface area contributed by atoms with Crippen molar-refractivity contribution in [3.63, 3.8) is 0 Å². The van der Waals surface area contributed by atoms with Gasteiger partial charge in [-0.05, 0) is 18.2 Å². The molecule has 0 radical (unpaired) electrons. The molecule has 0 aliphatic rings. The van der Waals surface area contributed by atoms with Gasteiger partial charge in [0, 0.05) is 11.8 Å². The van der Waals surface area contributed by atoms with Crippen LogP contribution >= 0.6 is 0 Å². The summed E-state index contributed by atoms with van der Waals surface area (Å²) in [4.78, 5) is 10.6. The van der Waals surface area contributed by atoms with Gasteiger partial charge >= 0.3 is 0 Å². The molecule has 1 amide bonds. The lowest BCUT2D eigenvalue weighted by molar-refractivity contribution is -0.117. The van der Waals surface area contributed by atoms with Gasteiger partial charge in [0.1, 0.15) is 0 Å². The molecule has 0 aromatic heterocycles. The van der Waals surface area contributed by atoms with Gasteiger partial charge in [-0.25, -0.2) is 8.42 Å². The van der Waals surface area contributed by atoms with Crippen LogP contribution in [0, 0.1) is 11.8 Å². The second-order valence-electron chi connectivity index (χ2n) is 3.24. The molecular weight excluding hydrogens is 226 g/mol. The molecule has 5 heteroatoms. The lowest BCUT2D eigenvalue weighted by atomic mass is 10.2. The molecule has 0 saturated heterocycles. The molecular formula is C11H11NO3S. The SMILES string of the molecule is CS(=O)(=O)c1cccc(C#CCC(N)=O)c1. The Balaban J connectivity index is 2.99. The molecule has 0 bridgehead atoms. The van der Waals surface area contributed by atoms with Crippen LogP contribution in [0.1, 0.15) is 12.0 Å². The Morgan fingerprint density at radius 2 is 2.12 bits per heavy atom. The molecule has 0 fully saturated rings. The van der Waals surface area contributed by atoms with Crippen LogP contribution in [0.15, 0.2) is 29.2 Å². The third-order valence-corrected chi connectivity index (χ3v) is 2.87. The maximum Gasteiger partial charge on any atom is 0.229 e. The summed E-state index contributed by atoms with van der Waals surface area (Å²) in [6, 6.07) is 6.23. The molecule has 2 N–H and O–H groups in total. The number of carbonyl (C=O) groups excluding carboxylic acids is 1. The van der Waals surface area contributed by atoms with E-state index in [1.54, 1.807) is 12.1 Å². The second-order valence-corrected chi connectivity index (χ2v) is 5.26. The van der Waals surface area contributed by atoms with E-state index in [9.17, 15) is 13.2 Å². The highest BCUT2D eigenvalue weighted by Gasteiger charge is 2.05. The number of hydrogen-bond donors (Lipinski definition) is 1. The van der Waals surface area contributed by atoms with Crippen LogP contribution in [0.5, 0.6) is 0 Å². The predicted octanol–water partition coefficient (Wildman–Crippen LogP) is 0.317. The third kappa shape index (κ3) is 3.75. The standard InChI is InChI=1S/C11H11NO3S/c1-16(14,15)10-6-2-4-9(8-10)5-3-7-11(12)13/h2,4,6,8H,7H2,1H3,(H2,12,13). The number of rotatable bonds is 2. The molecule has 16 heavy (non-hydrogen) atoms. The molecule has 0 saturated carbocycles. The quantitative estimate of drug-likeness (QED) is 0.752. The second kappa shape index (κ2) is 4.81. The lowest BCUT2D eigenvalue weighted by Gasteiger charge is -1.97. The molecule has 1 aromatic rings. The van der Waals surface area contributed by atoms with Crippen LogP contribution in [0.3, 0.4) is 0 Å². The van der Waals surface area contributed by atoms with Crippen LogP contribution in [0.2, 0.25) is 0 Å². The van der Waals surface area contributed by atoms with Gasteiger partial charge in [-0.15, -0.1) is 0 Å². The summed E-state index contributed by atoms with van der Waals surface area (Å²) in [6.45, 7) is 0. The fourth-order valence-corrected chi connectivity index (χ4v) is 1.70. The van der Waals surface area contributed by atoms with Crippen molar-refractivity contribution in [2.75, 3.05) is 6.26 Å². The fraction of sp³-hybridized carbons (Fsp3) is 0.182. The summed E-state index contributed by atoms with van der Waals surface area (Å²) >= 11 is 0. The zero-order chi connectivity index (χ0) is 12.2. The fourth-order valence-electron chi connectivity index (χ4n) is 1.04. The number of carbonyl (C=O) groups is 1. The van der Waals surface area contributed by atoms with Crippen molar-refractivity contribution in [2.45, 2.75) is 11.3 Å². The van der Waals surface area contributed by atoms with Crippen molar-refractivity contribution < 1.29 is 13.2 Å². The van der Waals surface area contributed by atoms with Crippen LogP contribution in [0.25, 0.3) is 0 Å². The van der Waals surface area contributed by atoms with Gasteiger partial charge in [0.15, 0.2) is 9.84 Å². The maximum atomic E-state index is 11.2. The Hall–Kier alpha value is -1.80. The highest BCUT2D eigenvalue weighted by atomic mass is 32.2. The third-order valence-electron chi connectivity index (χ3n) is 1.76. The Labute approximate surface area is 94.4 Å². The van der Waals surface area contributed by atoms with Crippen LogP contribution in [-0.4, -0.2) is 20.6 Å². The summed E-state index contributed by atoms with van der Waals surface area (Å²) in [5, 5.41) is 0. The van der Waals surface area contributed by atoms with E-state index in [0.29, 0.717) is 5.56 Å². The first kappa shape index (κ1) is 12.3. The zero-order valence-electron chi connectivity index (χ0n) is 8.73. The molecule has 0 heterocycles. The Bertz CT molecular complexity index is 564. The van der Waals surface area contributed by atoms with Gasteiger partial charge in [0.25, 0.3) is 0 Å². The average molecular weight is 237 g/mol. The van der Waals surface area contributed by atoms with Crippen molar-refractivity contribution in [1.82, 2.24) is 0 Å². The van der Waals surface area contributed by atoms with Gasteiger partial charge in [0.05, 0.1) is 11.3 Å². The first-order chi connectivity index (χ1) is 7.39. The van der Waals surface area contributed by atoms with Gasteiger partial charge in [-0.2, -0.15) is 0 Å². The van der Waals surface area contributed by atoms with Crippen molar-refractivity contribution in [3.8, 4) is 11.8 Å². The Morgan fingerprint density at radius 3 is 2.69 bits per heavy atom. The largest absolute Gasteiger partial charge is 0.369 e. The minimum atomic E-state index is -3.23. The van der Waals surface area contributed by atoms with Crippen molar-refractivity contribution in [3.05, 3.63) is 29.8 Å². The number of nitrogens with two attached hydrogens (primary N) is 1. The van der Waals surface area contributed by atoms with Gasteiger partial charge in [0.2, 0.25) is 5.91 Å². The van der Waals surface area contributed by atoms with Gasteiger partial charge in [-0.3, -0.25) is 4.79 Å². The monoisotopic (exact) mass is 237 g/mol. The summed E-state index contributed by atoms with van der Waals surface area (Å²) in [5.74, 6) is 4.73. The van der Waals surface area contributed by atoms with E-state index in [1.165, 1.54) is 12.1 Å². The highest BCUT2D eigenvalue weighted by molar-refractivity contribution is 7.90. The maximum absolute atomic E-state index is 11.2.